The van der Waals surface area contributed by atoms with Crippen LogP contribution in [0.4, 0.5) is 0 Å². The van der Waals surface area contributed by atoms with Crippen LogP contribution in [-0.2, 0) is 4.79 Å². The number of thiophene rings is 1. The number of rotatable bonds is 1. The maximum Gasteiger partial charge on any atom is 0.220 e. The van der Waals surface area contributed by atoms with Gasteiger partial charge in [0.2, 0.25) is 5.91 Å². The Morgan fingerprint density at radius 2 is 2.46 bits per heavy atom. The second-order valence-electron chi connectivity index (χ2n) is 3.30. The van der Waals surface area contributed by atoms with Crippen LogP contribution in [0.25, 0.3) is 0 Å². The molecule has 1 aliphatic heterocycles. The second-order valence-corrected chi connectivity index (χ2v) is 4.08. The van der Waals surface area contributed by atoms with Crippen molar-refractivity contribution in [3.63, 3.8) is 0 Å². The van der Waals surface area contributed by atoms with Crippen molar-refractivity contribution in [2.24, 2.45) is 5.73 Å². The first-order valence-corrected chi connectivity index (χ1v) is 5.28. The highest BCUT2D eigenvalue weighted by Crippen LogP contribution is 2.24. The smallest absolute Gasteiger partial charge is 0.220 e. The molecular formula is C9H12N2OS. The summed E-state index contributed by atoms with van der Waals surface area (Å²) < 4.78 is 0. The van der Waals surface area contributed by atoms with Gasteiger partial charge >= 0.3 is 0 Å². The Labute approximate surface area is 80.9 Å². The van der Waals surface area contributed by atoms with Gasteiger partial charge in [0.15, 0.2) is 0 Å². The highest BCUT2D eigenvalue weighted by atomic mass is 32.1. The summed E-state index contributed by atoms with van der Waals surface area (Å²) in [6, 6.07) is 2.10. The van der Waals surface area contributed by atoms with E-state index in [2.05, 4.69) is 5.32 Å². The van der Waals surface area contributed by atoms with E-state index in [1.165, 1.54) is 0 Å². The van der Waals surface area contributed by atoms with E-state index in [-0.39, 0.29) is 18.0 Å². The minimum absolute atomic E-state index is 0.0208. The van der Waals surface area contributed by atoms with Gasteiger partial charge in [-0.25, -0.2) is 0 Å². The van der Waals surface area contributed by atoms with E-state index in [4.69, 9.17) is 5.73 Å². The highest BCUT2D eigenvalue weighted by molar-refractivity contribution is 7.07. The number of hydrogen-bond donors (Lipinski definition) is 2. The van der Waals surface area contributed by atoms with Crippen molar-refractivity contribution in [3.8, 4) is 0 Å². The molecule has 4 heteroatoms. The molecule has 0 saturated carbocycles. The summed E-state index contributed by atoms with van der Waals surface area (Å²) in [5, 5.41) is 6.95. The zero-order valence-electron chi connectivity index (χ0n) is 7.19. The van der Waals surface area contributed by atoms with Gasteiger partial charge in [0.1, 0.15) is 0 Å². The number of nitrogens with two attached hydrogens (primary N) is 1. The van der Waals surface area contributed by atoms with Gasteiger partial charge in [-0.2, -0.15) is 11.3 Å². The van der Waals surface area contributed by atoms with Gasteiger partial charge in [-0.1, -0.05) is 0 Å². The number of carbonyl (C=O) groups excluding carboxylic acids is 1. The molecule has 1 aromatic rings. The molecule has 0 unspecified atom stereocenters. The lowest BCUT2D eigenvalue weighted by Gasteiger charge is -2.28. The third kappa shape index (κ3) is 1.73. The lowest BCUT2D eigenvalue weighted by Crippen LogP contribution is -2.45. The van der Waals surface area contributed by atoms with E-state index in [9.17, 15) is 4.79 Å². The molecule has 1 fully saturated rings. The molecule has 0 aliphatic carbocycles. The lowest BCUT2D eigenvalue weighted by atomic mass is 9.95. The summed E-state index contributed by atoms with van der Waals surface area (Å²) in [5.41, 5.74) is 7.05. The summed E-state index contributed by atoms with van der Waals surface area (Å²) >= 11 is 1.63. The molecule has 1 aliphatic rings. The monoisotopic (exact) mass is 196 g/mol. The van der Waals surface area contributed by atoms with Crippen LogP contribution in [0.1, 0.15) is 24.4 Å². The maximum atomic E-state index is 11.2. The molecule has 70 valence electrons. The Kier molecular flexibility index (Phi) is 2.33. The van der Waals surface area contributed by atoms with Crippen molar-refractivity contribution < 1.29 is 4.79 Å². The van der Waals surface area contributed by atoms with Gasteiger partial charge < -0.3 is 11.1 Å². The highest BCUT2D eigenvalue weighted by Gasteiger charge is 2.26. The molecular weight excluding hydrogens is 184 g/mol. The lowest BCUT2D eigenvalue weighted by molar-refractivity contribution is -0.123. The predicted octanol–water partition coefficient (Wildman–Crippen LogP) is 1.03. The topological polar surface area (TPSA) is 55.1 Å². The van der Waals surface area contributed by atoms with Crippen LogP contribution < -0.4 is 11.1 Å². The number of carbonyl (C=O) groups is 1. The summed E-state index contributed by atoms with van der Waals surface area (Å²) in [5.74, 6) is 0.109. The SMILES string of the molecule is N[C@@H]1CCC(=O)N[C@H]1c1ccsc1. The van der Waals surface area contributed by atoms with Crippen molar-refractivity contribution in [2.45, 2.75) is 24.9 Å². The molecule has 1 aromatic heterocycles. The molecule has 1 saturated heterocycles. The first-order valence-electron chi connectivity index (χ1n) is 4.34. The molecule has 0 bridgehead atoms. The number of amides is 1. The standard InChI is InChI=1S/C9H12N2OS/c10-7-1-2-8(12)11-9(7)6-3-4-13-5-6/h3-5,7,9H,1-2,10H2,(H,11,12)/t7-,9+/m1/s1. The Bertz CT molecular complexity index is 297. The van der Waals surface area contributed by atoms with Gasteiger partial charge in [-0.05, 0) is 28.8 Å². The first-order chi connectivity index (χ1) is 6.27. The molecule has 0 spiro atoms. The molecule has 3 nitrogen and oxygen atoms in total. The van der Waals surface area contributed by atoms with Crippen LogP contribution in [0.3, 0.4) is 0 Å². The van der Waals surface area contributed by atoms with E-state index >= 15 is 0 Å². The Hall–Kier alpha value is -0.870. The minimum atomic E-state index is 0.0208. The molecule has 2 rings (SSSR count). The van der Waals surface area contributed by atoms with Crippen molar-refractivity contribution in [3.05, 3.63) is 22.4 Å². The summed E-state index contributed by atoms with van der Waals surface area (Å²) in [4.78, 5) is 11.2. The largest absolute Gasteiger partial charge is 0.348 e. The maximum absolute atomic E-state index is 11.2. The molecule has 2 heterocycles. The number of nitrogens with one attached hydrogen (secondary N) is 1. The molecule has 3 N–H and O–H groups in total. The van der Waals surface area contributed by atoms with E-state index in [0.29, 0.717) is 6.42 Å². The molecule has 0 aromatic carbocycles. The molecule has 2 atom stereocenters. The van der Waals surface area contributed by atoms with Gasteiger partial charge in [-0.3, -0.25) is 4.79 Å². The fraction of sp³-hybridized carbons (Fsp3) is 0.444. The third-order valence-corrected chi connectivity index (χ3v) is 3.05. The van der Waals surface area contributed by atoms with E-state index in [0.717, 1.165) is 12.0 Å². The molecule has 1 amide bonds. The Balaban J connectivity index is 2.17. The minimum Gasteiger partial charge on any atom is -0.348 e. The van der Waals surface area contributed by atoms with E-state index in [1.54, 1.807) is 11.3 Å². The quantitative estimate of drug-likeness (QED) is 0.704. The molecule has 0 radical (unpaired) electrons. The fourth-order valence-corrected chi connectivity index (χ4v) is 2.30. The number of piperidine rings is 1. The van der Waals surface area contributed by atoms with Crippen molar-refractivity contribution in [2.75, 3.05) is 0 Å². The van der Waals surface area contributed by atoms with Gasteiger partial charge in [-0.15, -0.1) is 0 Å². The Morgan fingerprint density at radius 1 is 1.62 bits per heavy atom. The van der Waals surface area contributed by atoms with Crippen LogP contribution >= 0.6 is 11.3 Å². The van der Waals surface area contributed by atoms with Crippen LogP contribution in [-0.4, -0.2) is 11.9 Å². The average Bonchev–Trinajstić information content (AvgIpc) is 2.61. The predicted molar refractivity (Wildman–Crippen MR) is 52.4 cm³/mol. The van der Waals surface area contributed by atoms with Crippen LogP contribution in [0.5, 0.6) is 0 Å². The zero-order chi connectivity index (χ0) is 9.26. The van der Waals surface area contributed by atoms with Crippen LogP contribution in [0.2, 0.25) is 0 Å². The Morgan fingerprint density at radius 3 is 3.15 bits per heavy atom. The van der Waals surface area contributed by atoms with Crippen molar-refractivity contribution >= 4 is 17.2 Å². The van der Waals surface area contributed by atoms with Gasteiger partial charge in [0, 0.05) is 12.5 Å². The van der Waals surface area contributed by atoms with Crippen LogP contribution in [0, 0.1) is 0 Å². The first kappa shape index (κ1) is 8.72. The summed E-state index contributed by atoms with van der Waals surface area (Å²) in [7, 11) is 0. The average molecular weight is 196 g/mol. The third-order valence-electron chi connectivity index (χ3n) is 2.35. The van der Waals surface area contributed by atoms with Gasteiger partial charge in [0.05, 0.1) is 6.04 Å². The zero-order valence-corrected chi connectivity index (χ0v) is 8.01. The normalized spacial score (nSPS) is 28.5. The van der Waals surface area contributed by atoms with E-state index < -0.39 is 0 Å². The molecule has 13 heavy (non-hydrogen) atoms. The van der Waals surface area contributed by atoms with E-state index in [1.807, 2.05) is 16.8 Å². The van der Waals surface area contributed by atoms with Crippen molar-refractivity contribution in [1.29, 1.82) is 0 Å². The summed E-state index contributed by atoms with van der Waals surface area (Å²) in [6.45, 7) is 0. The van der Waals surface area contributed by atoms with Crippen LogP contribution in [0.15, 0.2) is 16.8 Å². The summed E-state index contributed by atoms with van der Waals surface area (Å²) in [6.07, 6.45) is 1.34. The van der Waals surface area contributed by atoms with Crippen molar-refractivity contribution in [1.82, 2.24) is 5.32 Å². The number of hydrogen-bond acceptors (Lipinski definition) is 3. The van der Waals surface area contributed by atoms with Gasteiger partial charge in [0.25, 0.3) is 0 Å². The second kappa shape index (κ2) is 3.47. The fourth-order valence-electron chi connectivity index (χ4n) is 1.60.